The van der Waals surface area contributed by atoms with Gasteiger partial charge in [0.1, 0.15) is 39.0 Å². The molecule has 0 atom stereocenters. The number of pyridine rings is 1. The first-order valence-corrected chi connectivity index (χ1v) is 10.9. The Kier molecular flexibility index (Phi) is 6.45. The van der Waals surface area contributed by atoms with E-state index in [0.29, 0.717) is 33.7 Å². The highest BCUT2D eigenvalue weighted by atomic mass is 35.5. The van der Waals surface area contributed by atoms with Gasteiger partial charge in [0.15, 0.2) is 0 Å². The average Bonchev–Trinajstić information content (AvgIpc) is 3.14. The predicted molar refractivity (Wildman–Crippen MR) is 123 cm³/mol. The molecular formula is C22H19Cl2N7O. The van der Waals surface area contributed by atoms with Gasteiger partial charge in [-0.3, -0.25) is 14.3 Å². The summed E-state index contributed by atoms with van der Waals surface area (Å²) in [6.45, 7) is 1.89. The SMILES string of the molecule is N#Cc1cccnc1Cn1cnc2c(C#N)c(N3CCCCC3)n(CC=C(Cl)Cl)c2c1=O. The Hall–Kier alpha value is -3.33. The molecule has 3 aromatic heterocycles. The maximum atomic E-state index is 13.5. The number of anilines is 1. The molecule has 0 radical (unpaired) electrons. The molecule has 1 aliphatic rings. The zero-order chi connectivity index (χ0) is 22.7. The number of nitriles is 2. The van der Waals surface area contributed by atoms with E-state index < -0.39 is 0 Å². The molecular weight excluding hydrogens is 449 g/mol. The van der Waals surface area contributed by atoms with Crippen LogP contribution in [0.15, 0.2) is 40.0 Å². The molecule has 0 aliphatic carbocycles. The van der Waals surface area contributed by atoms with Gasteiger partial charge in [0.05, 0.1) is 24.1 Å². The number of halogens is 2. The van der Waals surface area contributed by atoms with E-state index in [9.17, 15) is 15.3 Å². The predicted octanol–water partition coefficient (Wildman–Crippen LogP) is 3.69. The van der Waals surface area contributed by atoms with Gasteiger partial charge in [0.25, 0.3) is 5.56 Å². The lowest BCUT2D eigenvalue weighted by atomic mass is 10.1. The smallest absolute Gasteiger partial charge is 0.278 e. The molecule has 0 bridgehead atoms. The average molecular weight is 468 g/mol. The van der Waals surface area contributed by atoms with Crippen LogP contribution in [0.4, 0.5) is 5.82 Å². The maximum Gasteiger partial charge on any atom is 0.278 e. The molecule has 32 heavy (non-hydrogen) atoms. The molecule has 0 amide bonds. The van der Waals surface area contributed by atoms with E-state index in [2.05, 4.69) is 27.0 Å². The fraction of sp³-hybridized carbons (Fsp3) is 0.318. The normalized spacial score (nSPS) is 13.6. The first-order valence-electron chi connectivity index (χ1n) is 10.2. The zero-order valence-electron chi connectivity index (χ0n) is 17.1. The van der Waals surface area contributed by atoms with Crippen LogP contribution >= 0.6 is 23.2 Å². The van der Waals surface area contributed by atoms with E-state index in [0.717, 1.165) is 32.4 Å². The first kappa shape index (κ1) is 21.9. The topological polar surface area (TPSA) is 104 Å². The van der Waals surface area contributed by atoms with Crippen LogP contribution in [0.5, 0.6) is 0 Å². The van der Waals surface area contributed by atoms with Crippen molar-refractivity contribution in [1.82, 2.24) is 19.1 Å². The van der Waals surface area contributed by atoms with E-state index in [1.807, 2.05) is 0 Å². The van der Waals surface area contributed by atoms with Gasteiger partial charge in [-0.1, -0.05) is 23.2 Å². The van der Waals surface area contributed by atoms with Gasteiger partial charge in [-0.2, -0.15) is 10.5 Å². The van der Waals surface area contributed by atoms with Gasteiger partial charge in [0.2, 0.25) is 0 Å². The van der Waals surface area contributed by atoms with Gasteiger partial charge < -0.3 is 9.47 Å². The van der Waals surface area contributed by atoms with Crippen LogP contribution in [0, 0.1) is 22.7 Å². The monoisotopic (exact) mass is 467 g/mol. The molecule has 8 nitrogen and oxygen atoms in total. The Morgan fingerprint density at radius 1 is 1.16 bits per heavy atom. The summed E-state index contributed by atoms with van der Waals surface area (Å²) in [4.78, 5) is 24.4. The minimum atomic E-state index is -0.330. The van der Waals surface area contributed by atoms with Crippen LogP contribution in [0.25, 0.3) is 11.0 Å². The number of fused-ring (bicyclic) bond motifs is 1. The van der Waals surface area contributed by atoms with Crippen LogP contribution in [-0.4, -0.2) is 32.2 Å². The van der Waals surface area contributed by atoms with E-state index in [1.54, 1.807) is 29.0 Å². The van der Waals surface area contributed by atoms with Crippen molar-refractivity contribution < 1.29 is 0 Å². The van der Waals surface area contributed by atoms with E-state index in [1.165, 1.54) is 10.9 Å². The highest BCUT2D eigenvalue weighted by molar-refractivity contribution is 6.55. The summed E-state index contributed by atoms with van der Waals surface area (Å²) in [5, 5.41) is 19.3. The third-order valence-electron chi connectivity index (χ3n) is 5.53. The third kappa shape index (κ3) is 4.08. The lowest BCUT2D eigenvalue weighted by Crippen LogP contribution is -2.32. The molecule has 0 unspecified atom stereocenters. The second-order valence-electron chi connectivity index (χ2n) is 7.45. The lowest BCUT2D eigenvalue weighted by Gasteiger charge is -2.29. The van der Waals surface area contributed by atoms with Gasteiger partial charge in [-0.15, -0.1) is 0 Å². The summed E-state index contributed by atoms with van der Waals surface area (Å²) < 4.78 is 3.24. The summed E-state index contributed by atoms with van der Waals surface area (Å²) in [6.07, 6.45) is 7.70. The van der Waals surface area contributed by atoms with Crippen molar-refractivity contribution >= 4 is 40.1 Å². The molecule has 1 saturated heterocycles. The lowest BCUT2D eigenvalue weighted by molar-refractivity contribution is 0.565. The summed E-state index contributed by atoms with van der Waals surface area (Å²) in [5.41, 5.74) is 1.53. The van der Waals surface area contributed by atoms with Crippen molar-refractivity contribution in [3.8, 4) is 12.1 Å². The molecule has 1 aliphatic heterocycles. The van der Waals surface area contributed by atoms with E-state index in [-0.39, 0.29) is 23.1 Å². The van der Waals surface area contributed by atoms with Crippen LogP contribution < -0.4 is 10.5 Å². The molecule has 1 fully saturated rings. The van der Waals surface area contributed by atoms with Crippen LogP contribution in [0.2, 0.25) is 0 Å². The first-order chi connectivity index (χ1) is 15.5. The Morgan fingerprint density at radius 2 is 1.94 bits per heavy atom. The maximum absolute atomic E-state index is 13.5. The summed E-state index contributed by atoms with van der Waals surface area (Å²) >= 11 is 11.7. The number of hydrogen-bond donors (Lipinski definition) is 0. The third-order valence-corrected chi connectivity index (χ3v) is 5.83. The van der Waals surface area contributed by atoms with Crippen LogP contribution in [0.1, 0.15) is 36.1 Å². The highest BCUT2D eigenvalue weighted by Gasteiger charge is 2.26. The Morgan fingerprint density at radius 3 is 2.62 bits per heavy atom. The number of nitrogens with zero attached hydrogens (tertiary/aromatic N) is 7. The second kappa shape index (κ2) is 9.44. The van der Waals surface area contributed by atoms with Gasteiger partial charge in [-0.25, -0.2) is 4.98 Å². The summed E-state index contributed by atoms with van der Waals surface area (Å²) in [6, 6.07) is 7.66. The van der Waals surface area contributed by atoms with Crippen LogP contribution in [0.3, 0.4) is 0 Å². The van der Waals surface area contributed by atoms with E-state index in [4.69, 9.17) is 23.2 Å². The fourth-order valence-corrected chi connectivity index (χ4v) is 4.20. The van der Waals surface area contributed by atoms with E-state index >= 15 is 0 Å². The number of allylic oxidation sites excluding steroid dienone is 1. The molecule has 0 aromatic carbocycles. The number of piperidine rings is 1. The largest absolute Gasteiger partial charge is 0.357 e. The quantitative estimate of drug-likeness (QED) is 0.566. The number of aromatic nitrogens is 4. The number of rotatable bonds is 5. The van der Waals surface area contributed by atoms with Gasteiger partial charge >= 0.3 is 0 Å². The molecule has 0 spiro atoms. The van der Waals surface area contributed by atoms with Gasteiger partial charge in [0, 0.05) is 25.8 Å². The molecule has 4 rings (SSSR count). The molecule has 4 heterocycles. The molecule has 3 aromatic rings. The Bertz CT molecular complexity index is 1330. The Balaban J connectivity index is 1.93. The number of hydrogen-bond acceptors (Lipinski definition) is 6. The summed E-state index contributed by atoms with van der Waals surface area (Å²) in [5.74, 6) is 0.658. The molecule has 10 heteroatoms. The molecule has 0 saturated carbocycles. The van der Waals surface area contributed by atoms with Crippen molar-refractivity contribution in [1.29, 1.82) is 10.5 Å². The standard InChI is InChI=1S/C22H19Cl2N7O/c23-18(24)6-10-31-20-19(16(12-26)21(31)29-8-2-1-3-9-29)28-14-30(22(20)32)13-17-15(11-25)5-4-7-27-17/h4-7,14H,1-3,8-10,13H2. The Labute approximate surface area is 194 Å². The fourth-order valence-electron chi connectivity index (χ4n) is 4.07. The van der Waals surface area contributed by atoms with Crippen molar-refractivity contribution in [3.63, 3.8) is 0 Å². The van der Waals surface area contributed by atoms with Crippen molar-refractivity contribution in [2.75, 3.05) is 18.0 Å². The van der Waals surface area contributed by atoms with Crippen molar-refractivity contribution in [3.05, 3.63) is 62.4 Å². The van der Waals surface area contributed by atoms with Gasteiger partial charge in [-0.05, 0) is 37.5 Å². The molecule has 162 valence electrons. The second-order valence-corrected chi connectivity index (χ2v) is 8.45. The minimum Gasteiger partial charge on any atom is -0.357 e. The van der Waals surface area contributed by atoms with Crippen LogP contribution in [-0.2, 0) is 13.1 Å². The minimum absolute atomic E-state index is 0.0753. The highest BCUT2D eigenvalue weighted by Crippen LogP contribution is 2.32. The van der Waals surface area contributed by atoms with Crippen molar-refractivity contribution in [2.45, 2.75) is 32.4 Å². The zero-order valence-corrected chi connectivity index (χ0v) is 18.6. The summed E-state index contributed by atoms with van der Waals surface area (Å²) in [7, 11) is 0. The molecule has 0 N–H and O–H groups in total. The van der Waals surface area contributed by atoms with Crippen molar-refractivity contribution in [2.24, 2.45) is 0 Å².